The van der Waals surface area contributed by atoms with Gasteiger partial charge in [-0.3, -0.25) is 0 Å². The molecule has 2 aromatic carbocycles. The zero-order chi connectivity index (χ0) is 17.9. The minimum atomic E-state index is -0.383. The van der Waals surface area contributed by atoms with Crippen LogP contribution >= 0.6 is 0 Å². The van der Waals surface area contributed by atoms with Crippen molar-refractivity contribution in [1.29, 1.82) is 0 Å². The van der Waals surface area contributed by atoms with Gasteiger partial charge in [-0.05, 0) is 48.0 Å². The van der Waals surface area contributed by atoms with Crippen LogP contribution in [0, 0.1) is 0 Å². The molecular formula is C20H17NO5. The highest BCUT2D eigenvalue weighted by Gasteiger charge is 2.23. The standard InChI is InChI=1S/C20H17NO5/c1-23-15-6-2-13(3-7-15)18-10-17(26-21-18)12-24-16-8-4-14-5-9-20(22)25-19(14)11-16/h2-9,11,17H,10,12H2,1H3. The number of nitrogens with zero attached hydrogens (tertiary/aromatic N) is 1. The summed E-state index contributed by atoms with van der Waals surface area (Å²) in [6.45, 7) is 0.353. The van der Waals surface area contributed by atoms with E-state index in [1.54, 1.807) is 19.2 Å². The van der Waals surface area contributed by atoms with Crippen LogP contribution in [0.5, 0.6) is 11.5 Å². The molecule has 6 heteroatoms. The van der Waals surface area contributed by atoms with Crippen LogP contribution in [0.15, 0.2) is 69.0 Å². The Morgan fingerprint density at radius 1 is 1.08 bits per heavy atom. The van der Waals surface area contributed by atoms with E-state index in [0.29, 0.717) is 24.4 Å². The predicted molar refractivity (Wildman–Crippen MR) is 97.0 cm³/mol. The van der Waals surface area contributed by atoms with Crippen LogP contribution in [0.1, 0.15) is 12.0 Å². The second kappa shape index (κ2) is 6.92. The highest BCUT2D eigenvalue weighted by molar-refractivity contribution is 6.01. The highest BCUT2D eigenvalue weighted by atomic mass is 16.7. The van der Waals surface area contributed by atoms with E-state index in [4.69, 9.17) is 18.7 Å². The van der Waals surface area contributed by atoms with Gasteiger partial charge in [0.2, 0.25) is 0 Å². The maximum Gasteiger partial charge on any atom is 0.336 e. The van der Waals surface area contributed by atoms with E-state index in [9.17, 15) is 4.79 Å². The molecule has 26 heavy (non-hydrogen) atoms. The first-order chi connectivity index (χ1) is 12.7. The Morgan fingerprint density at radius 2 is 1.85 bits per heavy atom. The average molecular weight is 351 g/mol. The molecule has 4 rings (SSSR count). The number of ether oxygens (including phenoxy) is 2. The number of hydrogen-bond donors (Lipinski definition) is 0. The number of oxime groups is 1. The van der Waals surface area contributed by atoms with Crippen molar-refractivity contribution >= 4 is 16.7 Å². The van der Waals surface area contributed by atoms with Crippen molar-refractivity contribution in [3.63, 3.8) is 0 Å². The topological polar surface area (TPSA) is 70.3 Å². The van der Waals surface area contributed by atoms with Crippen molar-refractivity contribution in [3.05, 3.63) is 70.6 Å². The highest BCUT2D eigenvalue weighted by Crippen LogP contribution is 2.22. The van der Waals surface area contributed by atoms with Gasteiger partial charge in [0.05, 0.1) is 12.8 Å². The van der Waals surface area contributed by atoms with Gasteiger partial charge < -0.3 is 18.7 Å². The van der Waals surface area contributed by atoms with Gasteiger partial charge in [0.25, 0.3) is 0 Å². The summed E-state index contributed by atoms with van der Waals surface area (Å²) in [5.41, 5.74) is 2.00. The number of rotatable bonds is 5. The lowest BCUT2D eigenvalue weighted by Gasteiger charge is -2.10. The van der Waals surface area contributed by atoms with E-state index >= 15 is 0 Å². The van der Waals surface area contributed by atoms with Crippen LogP contribution < -0.4 is 15.1 Å². The number of benzene rings is 2. The molecule has 0 bridgehead atoms. The third-order valence-electron chi connectivity index (χ3n) is 4.19. The molecule has 0 aliphatic carbocycles. The molecule has 132 valence electrons. The number of methoxy groups -OCH3 is 1. The quantitative estimate of drug-likeness (QED) is 0.659. The molecule has 3 aromatic rings. The fraction of sp³-hybridized carbons (Fsp3) is 0.200. The summed E-state index contributed by atoms with van der Waals surface area (Å²) in [4.78, 5) is 16.8. The van der Waals surface area contributed by atoms with Crippen LogP contribution in [0.2, 0.25) is 0 Å². The van der Waals surface area contributed by atoms with Crippen molar-refractivity contribution in [2.24, 2.45) is 5.16 Å². The zero-order valence-electron chi connectivity index (χ0n) is 14.2. The minimum Gasteiger partial charge on any atom is -0.497 e. The second-order valence-electron chi connectivity index (χ2n) is 5.96. The van der Waals surface area contributed by atoms with Crippen molar-refractivity contribution in [2.45, 2.75) is 12.5 Å². The first-order valence-corrected chi connectivity index (χ1v) is 8.25. The Kier molecular flexibility index (Phi) is 4.31. The smallest absolute Gasteiger partial charge is 0.336 e. The lowest BCUT2D eigenvalue weighted by Crippen LogP contribution is -2.18. The molecule has 2 heterocycles. The van der Waals surface area contributed by atoms with Gasteiger partial charge in [0.15, 0.2) is 6.10 Å². The monoisotopic (exact) mass is 351 g/mol. The van der Waals surface area contributed by atoms with Crippen molar-refractivity contribution in [1.82, 2.24) is 0 Å². The molecule has 0 saturated heterocycles. The molecular weight excluding hydrogens is 334 g/mol. The first kappa shape index (κ1) is 16.2. The van der Waals surface area contributed by atoms with E-state index < -0.39 is 0 Å². The molecule has 1 aliphatic heterocycles. The summed E-state index contributed by atoms with van der Waals surface area (Å²) in [5.74, 6) is 1.42. The fourth-order valence-electron chi connectivity index (χ4n) is 2.79. The Morgan fingerprint density at radius 3 is 2.65 bits per heavy atom. The van der Waals surface area contributed by atoms with E-state index in [-0.39, 0.29) is 11.7 Å². The summed E-state index contributed by atoms with van der Waals surface area (Å²) in [7, 11) is 1.64. The summed E-state index contributed by atoms with van der Waals surface area (Å²) in [6, 6.07) is 16.2. The normalized spacial score (nSPS) is 16.2. The molecule has 1 aromatic heterocycles. The van der Waals surface area contributed by atoms with Crippen molar-refractivity contribution in [2.75, 3.05) is 13.7 Å². The van der Waals surface area contributed by atoms with E-state index in [1.165, 1.54) is 6.07 Å². The van der Waals surface area contributed by atoms with Gasteiger partial charge in [-0.15, -0.1) is 0 Å². The van der Waals surface area contributed by atoms with Gasteiger partial charge >= 0.3 is 5.63 Å². The predicted octanol–water partition coefficient (Wildman–Crippen LogP) is 3.37. The zero-order valence-corrected chi connectivity index (χ0v) is 14.2. The molecule has 0 amide bonds. The van der Waals surface area contributed by atoms with Gasteiger partial charge in [0.1, 0.15) is 23.7 Å². The Balaban J connectivity index is 1.38. The van der Waals surface area contributed by atoms with Crippen molar-refractivity contribution in [3.8, 4) is 11.5 Å². The third-order valence-corrected chi connectivity index (χ3v) is 4.19. The lowest BCUT2D eigenvalue weighted by molar-refractivity contribution is 0.0471. The summed E-state index contributed by atoms with van der Waals surface area (Å²) in [6.07, 6.45) is 0.500. The first-order valence-electron chi connectivity index (χ1n) is 8.25. The number of hydrogen-bond acceptors (Lipinski definition) is 6. The van der Waals surface area contributed by atoms with Crippen LogP contribution in [0.3, 0.4) is 0 Å². The van der Waals surface area contributed by atoms with Crippen LogP contribution in [0.25, 0.3) is 11.0 Å². The van der Waals surface area contributed by atoms with Crippen LogP contribution in [0.4, 0.5) is 0 Å². The van der Waals surface area contributed by atoms with Gasteiger partial charge in [0, 0.05) is 23.9 Å². The Labute approximate surface area is 149 Å². The third kappa shape index (κ3) is 3.39. The second-order valence-corrected chi connectivity index (χ2v) is 5.96. The summed E-state index contributed by atoms with van der Waals surface area (Å²) in [5, 5.41) is 5.00. The largest absolute Gasteiger partial charge is 0.497 e. The molecule has 1 atom stereocenters. The van der Waals surface area contributed by atoms with Crippen molar-refractivity contribution < 1.29 is 18.7 Å². The van der Waals surface area contributed by atoms with Gasteiger partial charge in [-0.25, -0.2) is 4.79 Å². The summed E-state index contributed by atoms with van der Waals surface area (Å²) >= 11 is 0. The van der Waals surface area contributed by atoms with E-state index in [2.05, 4.69) is 5.16 Å². The molecule has 6 nitrogen and oxygen atoms in total. The van der Waals surface area contributed by atoms with E-state index in [0.717, 1.165) is 22.4 Å². The van der Waals surface area contributed by atoms with Gasteiger partial charge in [-0.1, -0.05) is 5.16 Å². The SMILES string of the molecule is COc1ccc(C2=NOC(COc3ccc4ccc(=O)oc4c3)C2)cc1. The molecule has 0 radical (unpaired) electrons. The molecule has 0 N–H and O–H groups in total. The molecule has 1 aliphatic rings. The average Bonchev–Trinajstić information content (AvgIpc) is 3.15. The minimum absolute atomic E-state index is 0.161. The van der Waals surface area contributed by atoms with Crippen LogP contribution in [-0.2, 0) is 4.84 Å². The maximum absolute atomic E-state index is 11.3. The molecule has 0 saturated carbocycles. The van der Waals surface area contributed by atoms with E-state index in [1.807, 2.05) is 36.4 Å². The van der Waals surface area contributed by atoms with Gasteiger partial charge in [-0.2, -0.15) is 0 Å². The molecule has 0 fully saturated rings. The van der Waals surface area contributed by atoms with Crippen LogP contribution in [-0.4, -0.2) is 25.5 Å². The Bertz CT molecular complexity index is 1010. The molecule has 1 unspecified atom stereocenters. The maximum atomic E-state index is 11.3. The molecule has 0 spiro atoms. The fourth-order valence-corrected chi connectivity index (χ4v) is 2.79. The summed E-state index contributed by atoms with van der Waals surface area (Å²) < 4.78 is 16.1. The number of fused-ring (bicyclic) bond motifs is 1. The lowest BCUT2D eigenvalue weighted by atomic mass is 10.1. The Hall–Kier alpha value is -3.28.